The first-order chi connectivity index (χ1) is 58.4. The number of rotatable bonds is 20. The third kappa shape index (κ3) is 35.1. The Hall–Kier alpha value is -10.4. The van der Waals surface area contributed by atoms with Crippen LogP contribution in [0.15, 0.2) is 68.8 Å². The molecule has 2 amide bonds. The minimum absolute atomic E-state index is 0. The monoisotopic (exact) mass is 1910 g/mol. The molecule has 125 heavy (non-hydrogen) atoms. The summed E-state index contributed by atoms with van der Waals surface area (Å²) in [4.78, 5) is 201. The van der Waals surface area contributed by atoms with Gasteiger partial charge in [-0.15, -0.1) is 16.5 Å². The molecule has 9 rings (SSSR count). The summed E-state index contributed by atoms with van der Waals surface area (Å²) in [5.41, 5.74) is 18.8. The molecule has 0 saturated heterocycles. The van der Waals surface area contributed by atoms with Crippen molar-refractivity contribution >= 4 is 185 Å². The third-order valence-electron chi connectivity index (χ3n) is 15.6. The average Bonchev–Trinajstić information content (AvgIpc) is 1.65. The number of carbonyl (C=O) groups is 3. The number of amides is 2. The van der Waals surface area contributed by atoms with E-state index in [0.29, 0.717) is 119 Å². The van der Waals surface area contributed by atoms with Crippen molar-refractivity contribution in [3.05, 3.63) is 153 Å². The van der Waals surface area contributed by atoms with E-state index >= 15 is 0 Å². The topological polar surface area (TPSA) is 749 Å². The number of aromatic nitrogens is 18. The van der Waals surface area contributed by atoms with Crippen LogP contribution in [-0.2, 0) is 135 Å². The van der Waals surface area contributed by atoms with Crippen molar-refractivity contribution in [2.45, 2.75) is 215 Å². The van der Waals surface area contributed by atoms with Gasteiger partial charge in [-0.1, -0.05) is 14.4 Å². The SMILES string of the molecule is C.CCNC(=O)NCC.CCc1nc2c([nH]1)c(=O)n(CC)c(=O)n2CC.CCn1c(=O)c2[nH]c(CCl)nc2n(CC)c1=O.CCn1c(=O)c2[nH]c(CO)nc2n(CC)c1=O.CCn1c(N)c(N)c(=O)n(CC)c1=O.CCn1c(N)c(N=O)c(=O)n(CC)c1=O.CCn1c(N)cc(=O)n(CC)c1=O.N#CCC(=O)O.O=C(O)CO.O=S(=O)=S(=O)=O.O=S(Cl)Cl.[Na][Na]. The summed E-state index contributed by atoms with van der Waals surface area (Å²) in [6, 6.07) is 2.65. The summed E-state index contributed by atoms with van der Waals surface area (Å²) >= 11 is 8.56. The fourth-order valence-electron chi connectivity index (χ4n) is 10.0. The number of nitrogens with two attached hydrogens (primary N) is 4. The number of anilines is 4. The molecule has 0 aliphatic rings. The summed E-state index contributed by atoms with van der Waals surface area (Å²) < 4.78 is 60.3. The number of aromatic amines is 3. The Morgan fingerprint density at radius 1 is 0.472 bits per heavy atom. The Balaban J connectivity index is -0.000000659. The van der Waals surface area contributed by atoms with Crippen LogP contribution in [0.25, 0.3) is 33.5 Å². The Bertz CT molecular complexity index is 5910. The molecule has 0 bridgehead atoms. The van der Waals surface area contributed by atoms with Crippen LogP contribution < -0.4 is 101 Å². The number of urea groups is 1. The van der Waals surface area contributed by atoms with Crippen molar-refractivity contribution in [3.8, 4) is 6.07 Å². The number of aliphatic hydroxyl groups excluding tert-OH is 2. The fourth-order valence-corrected chi connectivity index (χ4v) is 10.2. The number of carboxylic acids is 2. The Morgan fingerprint density at radius 3 is 1.03 bits per heavy atom. The Morgan fingerprint density at radius 2 is 0.760 bits per heavy atom. The predicted octanol–water partition coefficient (Wildman–Crippen LogP) is -1.60. The van der Waals surface area contributed by atoms with E-state index in [1.807, 2.05) is 41.5 Å². The molecule has 17 N–H and O–H groups in total. The second-order valence-electron chi connectivity index (χ2n) is 22.7. The van der Waals surface area contributed by atoms with E-state index in [9.17, 15) is 72.0 Å². The van der Waals surface area contributed by atoms with E-state index in [1.54, 1.807) is 62.3 Å². The Labute approximate surface area is 757 Å². The molecule has 9 aromatic rings. The average molecular weight is 1910 g/mol. The van der Waals surface area contributed by atoms with Gasteiger partial charge in [-0.3, -0.25) is 88.4 Å². The van der Waals surface area contributed by atoms with Gasteiger partial charge in [0, 0.05) is 125 Å². The van der Waals surface area contributed by atoms with Crippen LogP contribution >= 0.6 is 33.0 Å². The molecule has 0 saturated carbocycles. The van der Waals surface area contributed by atoms with E-state index in [0.717, 1.165) is 28.7 Å². The zero-order chi connectivity index (χ0) is 96.6. The molecule has 0 spiro atoms. The first kappa shape index (κ1) is 121. The molecule has 0 radical (unpaired) electrons. The summed E-state index contributed by atoms with van der Waals surface area (Å²) in [7, 11) is 1.46. The van der Waals surface area contributed by atoms with Gasteiger partial charge in [0.2, 0.25) is 14.9 Å². The van der Waals surface area contributed by atoms with Crippen LogP contribution in [-0.4, -0.2) is 207 Å². The maximum atomic E-state index is 12.1. The van der Waals surface area contributed by atoms with E-state index < -0.39 is 86.5 Å². The van der Waals surface area contributed by atoms with E-state index in [4.69, 9.17) is 86.1 Å². The number of imidazole rings is 3. The molecule has 0 aliphatic heterocycles. The molecule has 9 heterocycles. The number of nitrogen functional groups attached to an aromatic ring is 4. The van der Waals surface area contributed by atoms with Crippen molar-refractivity contribution in [1.29, 1.82) is 5.26 Å². The molecule has 690 valence electrons. The molecular weight excluding hydrogens is 1810 g/mol. The van der Waals surface area contributed by atoms with Gasteiger partial charge in [-0.05, 0) is 102 Å². The zero-order valence-electron chi connectivity index (χ0n) is 71.1. The summed E-state index contributed by atoms with van der Waals surface area (Å²) in [6.07, 6.45) is 0.304. The molecule has 9 aromatic heterocycles. The molecular formula is C66H105Cl3N26Na2O25S3. The summed E-state index contributed by atoms with van der Waals surface area (Å²) in [5.74, 6) is -0.476. The van der Waals surface area contributed by atoms with Gasteiger partial charge in [0.25, 0.3) is 33.4 Å². The molecule has 0 fully saturated rings. The first-order valence-electron chi connectivity index (χ1n) is 37.5. The van der Waals surface area contributed by atoms with Gasteiger partial charge in [0.15, 0.2) is 16.9 Å². The van der Waals surface area contributed by atoms with Crippen LogP contribution in [0.5, 0.6) is 0 Å². The van der Waals surface area contributed by atoms with Crippen molar-refractivity contribution < 1.29 is 55.9 Å². The number of nitrogens with zero attached hydrogens (tertiary/aromatic N) is 17. The van der Waals surface area contributed by atoms with Gasteiger partial charge in [-0.25, -0.2) is 57.5 Å². The zero-order valence-corrected chi connectivity index (χ0v) is 79.9. The second-order valence-corrected chi connectivity index (χ2v) is 28.0. The third-order valence-corrected chi connectivity index (χ3v) is 16.8. The number of nitroso groups, excluding NO2 is 1. The fraction of sp³-hybridized carbons (Fsp3) is 0.530. The van der Waals surface area contributed by atoms with Gasteiger partial charge < -0.3 is 68.9 Å². The quantitative estimate of drug-likeness (QED) is 0.0177. The number of H-pyrrole nitrogens is 3. The number of aryl methyl sites for hydroxylation is 4. The number of aliphatic hydroxyl groups is 2. The molecule has 51 nitrogen and oxygen atoms in total. The molecule has 0 unspecified atom stereocenters. The van der Waals surface area contributed by atoms with Crippen molar-refractivity contribution in [3.63, 3.8) is 0 Å². The van der Waals surface area contributed by atoms with Crippen molar-refractivity contribution in [2.24, 2.45) is 5.18 Å². The number of hydrogen-bond acceptors (Lipinski definition) is 32. The van der Waals surface area contributed by atoms with Gasteiger partial charge in [0.1, 0.15) is 76.8 Å². The van der Waals surface area contributed by atoms with Gasteiger partial charge >= 0.3 is 114 Å². The van der Waals surface area contributed by atoms with E-state index in [-0.39, 0.29) is 113 Å². The van der Waals surface area contributed by atoms with Crippen LogP contribution in [0, 0.1) is 16.2 Å². The van der Waals surface area contributed by atoms with Crippen LogP contribution in [0.1, 0.15) is 135 Å². The van der Waals surface area contributed by atoms with E-state index in [1.165, 1.54) is 87.7 Å². The summed E-state index contributed by atoms with van der Waals surface area (Å²) in [6.45, 7) is 31.6. The second kappa shape index (κ2) is 62.6. The standard InChI is InChI=1S/C11H16N4O2.C10H13ClN4O2.C10H14N4O3.C8H12N4O3.C8H14N4O2.C8H13N3O2.C5H12N2O.C3H3NO2.C2H4O3.CH4.Cl2OS.2Na.O4S2/c1-4-7-12-8-9(13-7)14(5-2)11(17)15(6-3)10(8)16;1-3-14-8-7(12-6(5-11)13-8)9(16)15(4-2)10(14)17;1-3-13-8-7(11-6(5-15)12-8)9(16)14(4-2)10(13)17;1-3-11-6(9)5(10-15)7(13)12(4-2)8(11)14;1-3-11-6(10)5(9)7(13)12(4-2)8(11)14;1-3-10-6(9)5-7(12)11(4-2)8(10)13;1-3-6-5(8)7-4-2;4-2-1-3(5)6;3-1-2(4)5;;1-4(2)3;;;1-5(2)6(3)4/h4-6H2,1-3H3,(H,12,13);3-5H2,1-2H3,(H,12,13);15H,3-5H2,1-2H3,(H,11,12);3-4,9H2,1-2H3;3-4,9-10H2,1-2H3;5H,3-4,9H2,1-2H3;3-4H2,1-2H3,(H2,6,7,8);1H2,(H,5,6);3H,1H2,(H,4,5);1H4;;;;. The normalized spacial score (nSPS) is 9.89. The number of carboxylic acid groups (broad SMARTS) is 2. The van der Waals surface area contributed by atoms with Crippen molar-refractivity contribution in [1.82, 2.24) is 95.3 Å². The van der Waals surface area contributed by atoms with Gasteiger partial charge in [0.05, 0.1) is 11.9 Å². The number of alkyl halides is 1. The Kier molecular flexibility index (Phi) is 60.6. The van der Waals surface area contributed by atoms with Crippen molar-refractivity contribution in [2.75, 3.05) is 42.6 Å². The molecule has 59 heteroatoms. The van der Waals surface area contributed by atoms with E-state index in [2.05, 4.69) is 67.1 Å². The predicted molar refractivity (Wildman–Crippen MR) is 476 cm³/mol. The number of hydrogen-bond donors (Lipinski definition) is 13. The number of aliphatic carboxylic acids is 2. The van der Waals surface area contributed by atoms with Crippen LogP contribution in [0.4, 0.5) is 33.6 Å². The first-order valence-corrected chi connectivity index (χ1v) is 51.5. The summed E-state index contributed by atoms with van der Waals surface area (Å²) in [5, 5.41) is 47.1. The molecule has 0 atom stereocenters. The molecule has 0 aliphatic carbocycles. The maximum absolute atomic E-state index is 12.1. The number of nitrogens with one attached hydrogen (secondary N) is 5. The molecule has 0 aromatic carbocycles. The number of carbonyl (C=O) groups excluding carboxylic acids is 1. The van der Waals surface area contributed by atoms with Crippen LogP contribution in [0.2, 0.25) is 0 Å². The van der Waals surface area contributed by atoms with Gasteiger partial charge in [-0.2, -0.15) is 22.1 Å². The number of halogens is 3. The van der Waals surface area contributed by atoms with Crippen LogP contribution in [0.3, 0.4) is 0 Å². The minimum atomic E-state index is -2.95. The number of nitriles is 1. The number of fused-ring (bicyclic) bond motifs is 3.